The summed E-state index contributed by atoms with van der Waals surface area (Å²) in [6.45, 7) is 7.96. The van der Waals surface area contributed by atoms with Gasteiger partial charge in [-0.15, -0.1) is 12.4 Å². The zero-order chi connectivity index (χ0) is 9.23. The van der Waals surface area contributed by atoms with Crippen LogP contribution in [-0.2, 0) is 0 Å². The summed E-state index contributed by atoms with van der Waals surface area (Å²) in [6, 6.07) is 2.66. The average molecular weight is 206 g/mol. The van der Waals surface area contributed by atoms with Gasteiger partial charge in [-0.1, -0.05) is 6.92 Å². The smallest absolute Gasteiger partial charge is 0.0892 e. The summed E-state index contributed by atoms with van der Waals surface area (Å²) in [5.74, 6) is 0. The standard InChI is InChI=1S/C9H19N3.ClH/c1-4-10-9-11-7-6-8-12(3)5-2;/h4-8H2,1-3H3;1H. The van der Waals surface area contributed by atoms with Crippen LogP contribution in [0.25, 0.3) is 0 Å². The Morgan fingerprint density at radius 2 is 1.92 bits per heavy atom. The Labute approximate surface area is 87.4 Å². The Kier molecular flexibility index (Phi) is 13.5. The summed E-state index contributed by atoms with van der Waals surface area (Å²) in [6.07, 6.45) is 1.09. The van der Waals surface area contributed by atoms with Crippen LogP contribution in [0.2, 0.25) is 0 Å². The SMILES string of the molecule is CCN=C=NCCCN(C)CC.Cl. The molecule has 0 heterocycles. The highest BCUT2D eigenvalue weighted by molar-refractivity contribution is 5.85. The van der Waals surface area contributed by atoms with Crippen LogP contribution in [0.15, 0.2) is 9.98 Å². The molecule has 13 heavy (non-hydrogen) atoms. The third-order valence-corrected chi connectivity index (χ3v) is 1.65. The van der Waals surface area contributed by atoms with E-state index in [0.717, 1.165) is 32.6 Å². The molecule has 0 rings (SSSR count). The van der Waals surface area contributed by atoms with Crippen molar-refractivity contribution in [1.82, 2.24) is 4.90 Å². The third kappa shape index (κ3) is 11.6. The van der Waals surface area contributed by atoms with Crippen molar-refractivity contribution in [2.45, 2.75) is 20.3 Å². The first-order valence-corrected chi connectivity index (χ1v) is 4.57. The molecule has 0 spiro atoms. The maximum absolute atomic E-state index is 4.02. The van der Waals surface area contributed by atoms with Crippen LogP contribution in [-0.4, -0.2) is 44.1 Å². The summed E-state index contributed by atoms with van der Waals surface area (Å²) >= 11 is 0. The van der Waals surface area contributed by atoms with Crippen LogP contribution in [0.1, 0.15) is 20.3 Å². The van der Waals surface area contributed by atoms with Crippen molar-refractivity contribution in [1.29, 1.82) is 0 Å². The summed E-state index contributed by atoms with van der Waals surface area (Å²) in [4.78, 5) is 10.2. The Balaban J connectivity index is 0. The number of rotatable bonds is 6. The topological polar surface area (TPSA) is 28.0 Å². The lowest BCUT2D eigenvalue weighted by Gasteiger charge is -2.11. The normalized spacial score (nSPS) is 8.92. The minimum Gasteiger partial charge on any atom is -0.307 e. The van der Waals surface area contributed by atoms with Crippen molar-refractivity contribution in [3.8, 4) is 0 Å². The quantitative estimate of drug-likeness (QED) is 0.481. The van der Waals surface area contributed by atoms with Gasteiger partial charge >= 0.3 is 0 Å². The van der Waals surface area contributed by atoms with Gasteiger partial charge in [0.1, 0.15) is 0 Å². The molecular weight excluding hydrogens is 186 g/mol. The Morgan fingerprint density at radius 1 is 1.23 bits per heavy atom. The maximum atomic E-state index is 4.02. The van der Waals surface area contributed by atoms with Gasteiger partial charge in [0, 0.05) is 6.54 Å². The number of nitrogens with zero attached hydrogens (tertiary/aromatic N) is 3. The number of hydrogen-bond donors (Lipinski definition) is 0. The second kappa shape index (κ2) is 11.6. The zero-order valence-electron chi connectivity index (χ0n) is 8.79. The first kappa shape index (κ1) is 15.1. The molecule has 0 aliphatic carbocycles. The largest absolute Gasteiger partial charge is 0.307 e. The van der Waals surface area contributed by atoms with Crippen molar-refractivity contribution in [3.05, 3.63) is 0 Å². The lowest BCUT2D eigenvalue weighted by atomic mass is 10.4. The molecular formula is C9H20ClN3. The lowest BCUT2D eigenvalue weighted by Crippen LogP contribution is -2.19. The van der Waals surface area contributed by atoms with E-state index in [9.17, 15) is 0 Å². The zero-order valence-corrected chi connectivity index (χ0v) is 9.60. The average Bonchev–Trinajstić information content (AvgIpc) is 2.10. The molecule has 78 valence electrons. The molecule has 0 aliphatic heterocycles. The van der Waals surface area contributed by atoms with Gasteiger partial charge in [0.15, 0.2) is 0 Å². The fraction of sp³-hybridized carbons (Fsp3) is 0.889. The second-order valence-electron chi connectivity index (χ2n) is 2.71. The molecule has 3 nitrogen and oxygen atoms in total. The molecule has 0 aromatic heterocycles. The van der Waals surface area contributed by atoms with E-state index in [1.54, 1.807) is 0 Å². The van der Waals surface area contributed by atoms with Gasteiger partial charge in [0.2, 0.25) is 0 Å². The predicted molar refractivity (Wildman–Crippen MR) is 60.3 cm³/mol. The number of hydrogen-bond acceptors (Lipinski definition) is 3. The highest BCUT2D eigenvalue weighted by Gasteiger charge is 1.91. The summed E-state index contributed by atoms with van der Waals surface area (Å²) in [7, 11) is 2.11. The van der Waals surface area contributed by atoms with E-state index in [1.807, 2.05) is 6.92 Å². The van der Waals surface area contributed by atoms with Crippen LogP contribution in [0, 0.1) is 0 Å². The van der Waals surface area contributed by atoms with Gasteiger partial charge in [-0.05, 0) is 33.5 Å². The van der Waals surface area contributed by atoms with E-state index >= 15 is 0 Å². The molecule has 0 atom stereocenters. The van der Waals surface area contributed by atoms with E-state index in [0.29, 0.717) is 0 Å². The van der Waals surface area contributed by atoms with Crippen molar-refractivity contribution in [2.24, 2.45) is 9.98 Å². The summed E-state index contributed by atoms with van der Waals surface area (Å²) in [5, 5.41) is 0. The third-order valence-electron chi connectivity index (χ3n) is 1.65. The lowest BCUT2D eigenvalue weighted by molar-refractivity contribution is 0.350. The van der Waals surface area contributed by atoms with E-state index < -0.39 is 0 Å². The molecule has 0 saturated heterocycles. The number of aliphatic imine (C=N–C) groups is 2. The maximum Gasteiger partial charge on any atom is 0.0892 e. The fourth-order valence-corrected chi connectivity index (χ4v) is 0.749. The van der Waals surface area contributed by atoms with E-state index in [2.05, 4.69) is 34.9 Å². The van der Waals surface area contributed by atoms with Gasteiger partial charge in [-0.2, -0.15) is 0 Å². The molecule has 4 heteroatoms. The molecule has 0 amide bonds. The van der Waals surface area contributed by atoms with Gasteiger partial charge in [-0.3, -0.25) is 0 Å². The van der Waals surface area contributed by atoms with E-state index in [-0.39, 0.29) is 12.4 Å². The minimum absolute atomic E-state index is 0. The Hall–Kier alpha value is -0.370. The second-order valence-corrected chi connectivity index (χ2v) is 2.71. The monoisotopic (exact) mass is 205 g/mol. The fourth-order valence-electron chi connectivity index (χ4n) is 0.749. The van der Waals surface area contributed by atoms with Crippen LogP contribution in [0.4, 0.5) is 0 Å². The molecule has 0 aromatic carbocycles. The number of halogens is 1. The molecule has 0 bridgehead atoms. The summed E-state index contributed by atoms with van der Waals surface area (Å²) < 4.78 is 0. The van der Waals surface area contributed by atoms with Gasteiger partial charge < -0.3 is 4.90 Å². The van der Waals surface area contributed by atoms with Crippen molar-refractivity contribution >= 4 is 18.4 Å². The molecule has 0 aliphatic rings. The predicted octanol–water partition coefficient (Wildman–Crippen LogP) is 1.94. The van der Waals surface area contributed by atoms with E-state index in [1.165, 1.54) is 0 Å². The molecule has 0 N–H and O–H groups in total. The van der Waals surface area contributed by atoms with Crippen LogP contribution in [0.3, 0.4) is 0 Å². The molecule has 0 unspecified atom stereocenters. The van der Waals surface area contributed by atoms with Crippen molar-refractivity contribution < 1.29 is 0 Å². The van der Waals surface area contributed by atoms with Gasteiger partial charge in [-0.25, -0.2) is 9.98 Å². The van der Waals surface area contributed by atoms with E-state index in [4.69, 9.17) is 0 Å². The summed E-state index contributed by atoms with van der Waals surface area (Å²) in [5.41, 5.74) is 0. The Bertz CT molecular complexity index is 153. The first-order chi connectivity index (χ1) is 5.81. The minimum atomic E-state index is 0. The van der Waals surface area contributed by atoms with Crippen molar-refractivity contribution in [2.75, 3.05) is 33.2 Å². The highest BCUT2D eigenvalue weighted by Crippen LogP contribution is 1.86. The van der Waals surface area contributed by atoms with Crippen LogP contribution in [0.5, 0.6) is 0 Å². The van der Waals surface area contributed by atoms with Crippen molar-refractivity contribution in [3.63, 3.8) is 0 Å². The molecule has 0 saturated carbocycles. The molecule has 0 fully saturated rings. The molecule has 0 aromatic rings. The van der Waals surface area contributed by atoms with Crippen LogP contribution < -0.4 is 0 Å². The van der Waals surface area contributed by atoms with Gasteiger partial charge in [0.25, 0.3) is 0 Å². The van der Waals surface area contributed by atoms with Crippen LogP contribution >= 0.6 is 12.4 Å². The Morgan fingerprint density at radius 3 is 2.46 bits per heavy atom. The molecule has 0 radical (unpaired) electrons. The van der Waals surface area contributed by atoms with Gasteiger partial charge in [0.05, 0.1) is 12.6 Å². The first-order valence-electron chi connectivity index (χ1n) is 4.57. The highest BCUT2D eigenvalue weighted by atomic mass is 35.5.